The highest BCUT2D eigenvalue weighted by Gasteiger charge is 2.20. The number of allylic oxidation sites excluding steroid dienone is 11. The van der Waals surface area contributed by atoms with E-state index in [1.54, 1.807) is 0 Å². The summed E-state index contributed by atoms with van der Waals surface area (Å²) in [6, 6.07) is 18.1. The van der Waals surface area contributed by atoms with Gasteiger partial charge in [0, 0.05) is 0 Å². The molecule has 2 aromatic rings. The zero-order chi connectivity index (χ0) is 31.8. The van der Waals surface area contributed by atoms with Crippen LogP contribution in [0.3, 0.4) is 0 Å². The topological polar surface area (TPSA) is 0 Å². The molecule has 228 valence electrons. The van der Waals surface area contributed by atoms with E-state index in [0.717, 1.165) is 47.0 Å². The van der Waals surface area contributed by atoms with Crippen LogP contribution in [0.4, 0.5) is 0 Å². The summed E-state index contributed by atoms with van der Waals surface area (Å²) in [6.07, 6.45) is 22.1. The Kier molecular flexibility index (Phi) is 15.5. The first kappa shape index (κ1) is 35.6. The van der Waals surface area contributed by atoms with Crippen molar-refractivity contribution in [3.8, 4) is 11.1 Å². The van der Waals surface area contributed by atoms with Crippen molar-refractivity contribution in [1.82, 2.24) is 0 Å². The maximum atomic E-state index is 4.15. The van der Waals surface area contributed by atoms with Gasteiger partial charge in [0.05, 0.1) is 0 Å². The molecule has 0 aliphatic heterocycles. The lowest BCUT2D eigenvalue weighted by atomic mass is 9.78. The van der Waals surface area contributed by atoms with Gasteiger partial charge in [-0.1, -0.05) is 148 Å². The molecule has 0 saturated heterocycles. The smallest absolute Gasteiger partial charge is 0.0162 e. The van der Waals surface area contributed by atoms with Gasteiger partial charge < -0.3 is 0 Å². The predicted octanol–water partition coefficient (Wildman–Crippen LogP) is 13.1. The Balaban J connectivity index is 0.000000301. The van der Waals surface area contributed by atoms with Gasteiger partial charge in [0.25, 0.3) is 0 Å². The molecule has 0 N–H and O–H groups in total. The van der Waals surface area contributed by atoms with Crippen LogP contribution in [0, 0.1) is 24.7 Å². The summed E-state index contributed by atoms with van der Waals surface area (Å²) in [4.78, 5) is 0. The minimum atomic E-state index is 0.468. The summed E-state index contributed by atoms with van der Waals surface area (Å²) in [6.45, 7) is 30.5. The Morgan fingerprint density at radius 3 is 1.81 bits per heavy atom. The molecule has 0 bridgehead atoms. The van der Waals surface area contributed by atoms with Crippen LogP contribution < -0.4 is 0 Å². The fourth-order valence-electron chi connectivity index (χ4n) is 5.26. The number of benzene rings is 2. The maximum Gasteiger partial charge on any atom is -0.0162 e. The van der Waals surface area contributed by atoms with Crippen LogP contribution in [0.5, 0.6) is 0 Å². The molecule has 0 heterocycles. The van der Waals surface area contributed by atoms with E-state index >= 15 is 0 Å². The Bertz CT molecular complexity index is 1280. The molecule has 1 aliphatic carbocycles. The molecular formula is C43H56. The molecule has 1 aliphatic rings. The van der Waals surface area contributed by atoms with E-state index in [9.17, 15) is 0 Å². The molecule has 2 atom stereocenters. The molecule has 3 rings (SSSR count). The molecule has 0 amide bonds. The molecule has 0 radical (unpaired) electrons. The van der Waals surface area contributed by atoms with Gasteiger partial charge in [-0.2, -0.15) is 0 Å². The first-order chi connectivity index (χ1) is 20.5. The van der Waals surface area contributed by atoms with Crippen LogP contribution in [-0.4, -0.2) is 0 Å². The van der Waals surface area contributed by atoms with Crippen molar-refractivity contribution in [2.24, 2.45) is 17.8 Å². The first-order valence-electron chi connectivity index (χ1n) is 16.0. The number of rotatable bonds is 13. The lowest BCUT2D eigenvalue weighted by Gasteiger charge is -2.27. The minimum Gasteiger partial charge on any atom is -0.103 e. The van der Waals surface area contributed by atoms with Gasteiger partial charge in [-0.3, -0.25) is 0 Å². The molecule has 1 saturated carbocycles. The van der Waals surface area contributed by atoms with Crippen LogP contribution in [0.25, 0.3) is 11.1 Å². The highest BCUT2D eigenvalue weighted by Crippen LogP contribution is 2.37. The van der Waals surface area contributed by atoms with Crippen LogP contribution in [0.2, 0.25) is 0 Å². The summed E-state index contributed by atoms with van der Waals surface area (Å²) >= 11 is 0. The second-order valence-corrected chi connectivity index (χ2v) is 12.5. The predicted molar refractivity (Wildman–Crippen MR) is 194 cm³/mol. The zero-order valence-corrected chi connectivity index (χ0v) is 27.7. The monoisotopic (exact) mass is 572 g/mol. The summed E-state index contributed by atoms with van der Waals surface area (Å²) in [5.74, 6) is 2.60. The van der Waals surface area contributed by atoms with E-state index in [1.165, 1.54) is 47.9 Å². The highest BCUT2D eigenvalue weighted by molar-refractivity contribution is 5.64. The zero-order valence-electron chi connectivity index (χ0n) is 27.7. The standard InChI is InChI=1S/C22H26.C21H30/c1-3-4-18-7-11-20(12-8-18)22-15-13-21(14-16-22)19-9-5-17(2)6-10-19;1-9-17(4)11-13-19(6)21(8)15-14-20(7)18(5)12-10-16(2)3/h3-6,9-10,13-16,18,20H,7-8,11-12H2,1-2H3;9-10,12,14-15,17,19H,1-2,5,7-8,11,13H2,3-4,6H3/b4-3+;12-10-,15-14-. The van der Waals surface area contributed by atoms with E-state index in [1.807, 2.05) is 37.3 Å². The van der Waals surface area contributed by atoms with Crippen molar-refractivity contribution in [3.05, 3.63) is 157 Å². The molecule has 1 fully saturated rings. The first-order valence-corrected chi connectivity index (χ1v) is 16.0. The van der Waals surface area contributed by atoms with Gasteiger partial charge in [0.2, 0.25) is 0 Å². The summed E-state index contributed by atoms with van der Waals surface area (Å²) in [7, 11) is 0. The minimum absolute atomic E-state index is 0.468. The molecule has 2 aromatic carbocycles. The summed E-state index contributed by atoms with van der Waals surface area (Å²) in [5, 5.41) is 0. The Morgan fingerprint density at radius 1 is 0.767 bits per heavy atom. The van der Waals surface area contributed by atoms with Crippen molar-refractivity contribution in [2.45, 2.75) is 79.1 Å². The third-order valence-electron chi connectivity index (χ3n) is 8.57. The van der Waals surface area contributed by atoms with Gasteiger partial charge in [0.15, 0.2) is 0 Å². The average Bonchev–Trinajstić information content (AvgIpc) is 3.02. The van der Waals surface area contributed by atoms with Crippen LogP contribution in [0.15, 0.2) is 146 Å². The lowest BCUT2D eigenvalue weighted by Crippen LogP contribution is -2.11. The lowest BCUT2D eigenvalue weighted by molar-refractivity contribution is 0.376. The molecule has 0 nitrogen and oxygen atoms in total. The van der Waals surface area contributed by atoms with E-state index in [-0.39, 0.29) is 0 Å². The molecular weight excluding hydrogens is 516 g/mol. The van der Waals surface area contributed by atoms with Crippen molar-refractivity contribution < 1.29 is 0 Å². The average molecular weight is 573 g/mol. The number of aryl methyl sites for hydroxylation is 1. The second-order valence-electron chi connectivity index (χ2n) is 12.5. The third kappa shape index (κ3) is 13.0. The fraction of sp³-hybridized carbons (Fsp3) is 0.349. The molecule has 43 heavy (non-hydrogen) atoms. The van der Waals surface area contributed by atoms with Crippen LogP contribution >= 0.6 is 0 Å². The van der Waals surface area contributed by atoms with Crippen molar-refractivity contribution in [2.75, 3.05) is 0 Å². The molecule has 0 spiro atoms. The SMILES string of the molecule is C/C=C/C1CCC(c2ccc(-c3ccc(C)cc3)cc2)CC1.C=CC(C)CCC(C)C(=C)/C=C\C(=C)C(=C)/C=C\C(=C)C. The molecule has 0 heteroatoms. The van der Waals surface area contributed by atoms with E-state index in [2.05, 4.69) is 121 Å². The second kappa shape index (κ2) is 18.8. The quantitative estimate of drug-likeness (QED) is 0.165. The molecule has 2 unspecified atom stereocenters. The maximum absolute atomic E-state index is 4.15. The van der Waals surface area contributed by atoms with Gasteiger partial charge >= 0.3 is 0 Å². The van der Waals surface area contributed by atoms with Crippen LogP contribution in [-0.2, 0) is 0 Å². The Morgan fingerprint density at radius 2 is 1.30 bits per heavy atom. The number of hydrogen-bond donors (Lipinski definition) is 0. The Labute approximate surface area is 264 Å². The van der Waals surface area contributed by atoms with Gasteiger partial charge in [-0.05, 0) is 111 Å². The van der Waals surface area contributed by atoms with Crippen LogP contribution in [0.1, 0.15) is 83.3 Å². The third-order valence-corrected chi connectivity index (χ3v) is 8.57. The van der Waals surface area contributed by atoms with Gasteiger partial charge in [-0.15, -0.1) is 6.58 Å². The van der Waals surface area contributed by atoms with E-state index in [4.69, 9.17) is 0 Å². The van der Waals surface area contributed by atoms with Gasteiger partial charge in [0.1, 0.15) is 0 Å². The van der Waals surface area contributed by atoms with Gasteiger partial charge in [-0.25, -0.2) is 0 Å². The Hall–Kier alpha value is -3.64. The normalized spacial score (nSPS) is 18.2. The highest BCUT2D eigenvalue weighted by atomic mass is 14.3. The fourth-order valence-corrected chi connectivity index (χ4v) is 5.26. The summed E-state index contributed by atoms with van der Waals surface area (Å²) in [5.41, 5.74) is 9.41. The number of hydrogen-bond acceptors (Lipinski definition) is 0. The summed E-state index contributed by atoms with van der Waals surface area (Å²) < 4.78 is 0. The van der Waals surface area contributed by atoms with Crippen molar-refractivity contribution in [3.63, 3.8) is 0 Å². The van der Waals surface area contributed by atoms with Crippen molar-refractivity contribution >= 4 is 0 Å². The molecule has 0 aromatic heterocycles. The van der Waals surface area contributed by atoms with E-state index < -0.39 is 0 Å². The van der Waals surface area contributed by atoms with E-state index in [0.29, 0.717) is 11.8 Å². The van der Waals surface area contributed by atoms with Crippen molar-refractivity contribution in [1.29, 1.82) is 0 Å². The largest absolute Gasteiger partial charge is 0.103 e.